The zero-order chi connectivity index (χ0) is 37.4. The van der Waals surface area contributed by atoms with Crippen LogP contribution >= 0.6 is 11.8 Å². The van der Waals surface area contributed by atoms with E-state index >= 15 is 0 Å². The van der Waals surface area contributed by atoms with Crippen LogP contribution in [-0.4, -0.2) is 0 Å². The first kappa shape index (κ1) is 33.5. The van der Waals surface area contributed by atoms with Gasteiger partial charge in [-0.15, -0.1) is 0 Å². The third-order valence-corrected chi connectivity index (χ3v) is 13.6. The molecular formula is C53H42N2S. The highest BCUT2D eigenvalue weighted by Gasteiger charge is 2.40. The van der Waals surface area contributed by atoms with Crippen molar-refractivity contribution in [2.24, 2.45) is 0 Å². The highest BCUT2D eigenvalue weighted by atomic mass is 32.2. The molecule has 2 nitrogen and oxygen atoms in total. The first-order chi connectivity index (χ1) is 27.5. The summed E-state index contributed by atoms with van der Waals surface area (Å²) in [5.41, 5.74) is 18.1. The third-order valence-electron chi connectivity index (χ3n) is 12.4. The average molecular weight is 739 g/mol. The van der Waals surface area contributed by atoms with Crippen molar-refractivity contribution in [3.8, 4) is 44.5 Å². The molecule has 7 aromatic carbocycles. The Bertz CT molecular complexity index is 2800. The monoisotopic (exact) mass is 738 g/mol. The first-order valence-corrected chi connectivity index (χ1v) is 20.7. The molecule has 2 aliphatic heterocycles. The fraction of sp³-hybridized carbons (Fsp3) is 0.132. The van der Waals surface area contributed by atoms with Gasteiger partial charge in [-0.05, 0) is 120 Å². The van der Waals surface area contributed by atoms with Gasteiger partial charge in [0.25, 0.3) is 0 Å². The Morgan fingerprint density at radius 2 is 1.36 bits per heavy atom. The number of fused-ring (bicyclic) bond motifs is 8. The van der Waals surface area contributed by atoms with Gasteiger partial charge in [0.05, 0.1) is 11.7 Å². The van der Waals surface area contributed by atoms with Crippen LogP contribution in [0.15, 0.2) is 191 Å². The van der Waals surface area contributed by atoms with E-state index in [1.807, 2.05) is 11.8 Å². The lowest BCUT2D eigenvalue weighted by Crippen LogP contribution is -2.41. The first-order valence-electron chi connectivity index (χ1n) is 19.9. The maximum absolute atomic E-state index is 3.98. The number of thioether (sulfide) groups is 1. The van der Waals surface area contributed by atoms with Gasteiger partial charge in [0.1, 0.15) is 6.17 Å². The second kappa shape index (κ2) is 13.1. The predicted molar refractivity (Wildman–Crippen MR) is 235 cm³/mol. The molecule has 3 heteroatoms. The van der Waals surface area contributed by atoms with Gasteiger partial charge in [-0.25, -0.2) is 0 Å². The Morgan fingerprint density at radius 3 is 2.18 bits per heavy atom. The minimum atomic E-state index is -0.147. The highest BCUT2D eigenvalue weighted by Crippen LogP contribution is 2.56. The van der Waals surface area contributed by atoms with Gasteiger partial charge in [-0.2, -0.15) is 0 Å². The van der Waals surface area contributed by atoms with Crippen molar-refractivity contribution in [1.29, 1.82) is 0 Å². The van der Waals surface area contributed by atoms with Crippen LogP contribution < -0.4 is 10.6 Å². The van der Waals surface area contributed by atoms with Crippen molar-refractivity contribution in [2.75, 3.05) is 0 Å². The van der Waals surface area contributed by atoms with Crippen molar-refractivity contribution in [3.63, 3.8) is 0 Å². The Labute approximate surface area is 333 Å². The summed E-state index contributed by atoms with van der Waals surface area (Å²) in [5, 5.41) is 10.6. The zero-order valence-corrected chi connectivity index (χ0v) is 32.5. The van der Waals surface area contributed by atoms with E-state index in [2.05, 4.69) is 194 Å². The summed E-state index contributed by atoms with van der Waals surface area (Å²) in [5.74, 6) is 0. The molecule has 0 spiro atoms. The molecule has 0 fully saturated rings. The summed E-state index contributed by atoms with van der Waals surface area (Å²) in [6, 6.07) is 56.5. The number of rotatable bonds is 5. The Balaban J connectivity index is 0.919. The minimum Gasteiger partial charge on any atom is -0.365 e. The molecule has 270 valence electrons. The van der Waals surface area contributed by atoms with Crippen LogP contribution in [0.4, 0.5) is 0 Å². The van der Waals surface area contributed by atoms with Crippen LogP contribution in [0.25, 0.3) is 55.3 Å². The van der Waals surface area contributed by atoms with E-state index in [1.165, 1.54) is 98.6 Å². The second-order valence-corrected chi connectivity index (χ2v) is 17.1. The summed E-state index contributed by atoms with van der Waals surface area (Å²) in [6.07, 6.45) is 9.17. The van der Waals surface area contributed by atoms with Crippen LogP contribution in [0.5, 0.6) is 0 Å². The Morgan fingerprint density at radius 1 is 0.625 bits per heavy atom. The predicted octanol–water partition coefficient (Wildman–Crippen LogP) is 13.7. The summed E-state index contributed by atoms with van der Waals surface area (Å²) < 4.78 is 0. The van der Waals surface area contributed by atoms with Crippen LogP contribution in [0.2, 0.25) is 0 Å². The molecule has 0 amide bonds. The Hall–Kier alpha value is -5.87. The van der Waals surface area contributed by atoms with E-state index in [4.69, 9.17) is 0 Å². The van der Waals surface area contributed by atoms with Crippen molar-refractivity contribution < 1.29 is 0 Å². The molecule has 0 saturated carbocycles. The molecule has 0 radical (unpaired) electrons. The fourth-order valence-electron chi connectivity index (χ4n) is 9.59. The molecule has 0 saturated heterocycles. The highest BCUT2D eigenvalue weighted by molar-refractivity contribution is 8.03. The van der Waals surface area contributed by atoms with E-state index in [0.717, 1.165) is 12.8 Å². The number of hydrogen-bond donors (Lipinski definition) is 2. The van der Waals surface area contributed by atoms with Gasteiger partial charge in [-0.3, -0.25) is 5.32 Å². The summed E-state index contributed by atoms with van der Waals surface area (Å²) in [7, 11) is 0. The van der Waals surface area contributed by atoms with Crippen LogP contribution in [0, 0.1) is 0 Å². The molecule has 0 aromatic heterocycles. The number of hydrogen-bond acceptors (Lipinski definition) is 3. The van der Waals surface area contributed by atoms with Crippen molar-refractivity contribution in [1.82, 2.24) is 10.6 Å². The van der Waals surface area contributed by atoms with E-state index < -0.39 is 0 Å². The van der Waals surface area contributed by atoms with E-state index in [1.54, 1.807) is 0 Å². The lowest BCUT2D eigenvalue weighted by atomic mass is 9.79. The minimum absolute atomic E-state index is 0.0145. The molecule has 0 bridgehead atoms. The topological polar surface area (TPSA) is 24.1 Å². The summed E-state index contributed by atoms with van der Waals surface area (Å²) in [4.78, 5) is 2.71. The summed E-state index contributed by atoms with van der Waals surface area (Å²) >= 11 is 1.90. The largest absolute Gasteiger partial charge is 0.365 e. The normalized spacial score (nSPS) is 18.9. The molecule has 4 aliphatic rings. The molecule has 2 aliphatic carbocycles. The fourth-order valence-corrected chi connectivity index (χ4v) is 10.9. The third kappa shape index (κ3) is 5.37. The van der Waals surface area contributed by atoms with Gasteiger partial charge in [-0.1, -0.05) is 171 Å². The van der Waals surface area contributed by atoms with Crippen molar-refractivity contribution in [3.05, 3.63) is 208 Å². The molecule has 7 aromatic rings. The molecule has 56 heavy (non-hydrogen) atoms. The molecular weight excluding hydrogens is 697 g/mol. The van der Waals surface area contributed by atoms with Crippen molar-refractivity contribution >= 4 is 22.5 Å². The van der Waals surface area contributed by atoms with E-state index in [0.29, 0.717) is 0 Å². The molecule has 2 heterocycles. The van der Waals surface area contributed by atoms with Crippen LogP contribution in [-0.2, 0) is 5.41 Å². The number of allylic oxidation sites excluding steroid dienone is 3. The Kier molecular flexibility index (Phi) is 7.84. The maximum Gasteiger partial charge on any atom is 0.104 e. The second-order valence-electron chi connectivity index (χ2n) is 16.0. The maximum atomic E-state index is 3.98. The zero-order valence-electron chi connectivity index (χ0n) is 31.6. The number of benzene rings is 7. The molecule has 2 N–H and O–H groups in total. The van der Waals surface area contributed by atoms with Crippen LogP contribution in [0.1, 0.15) is 61.2 Å². The molecule has 2 atom stereocenters. The quantitative estimate of drug-likeness (QED) is 0.184. The SMILES string of the molecule is CC1(C)c2cc(-c3ccc(-c4cccc(C5NC(C6=CCCC=C6)=C6Sc7ccccc7C6N5)c4)cc3)ccc2-c2c(-c3ccccc3)cc3ccccc3c21. The van der Waals surface area contributed by atoms with Gasteiger partial charge in [0.2, 0.25) is 0 Å². The number of nitrogens with one attached hydrogen (secondary N) is 2. The van der Waals surface area contributed by atoms with Gasteiger partial charge >= 0.3 is 0 Å². The van der Waals surface area contributed by atoms with Gasteiger partial charge < -0.3 is 5.32 Å². The van der Waals surface area contributed by atoms with Crippen LogP contribution in [0.3, 0.4) is 0 Å². The average Bonchev–Trinajstić information content (AvgIpc) is 3.75. The summed E-state index contributed by atoms with van der Waals surface area (Å²) in [6.45, 7) is 4.81. The van der Waals surface area contributed by atoms with Crippen molar-refractivity contribution in [2.45, 2.75) is 49.2 Å². The van der Waals surface area contributed by atoms with Gasteiger partial charge in [0, 0.05) is 15.2 Å². The standard InChI is InChI=1S/C53H42N2S/c1-53(2)45-32-38(28-29-42(45)47-44(35-14-5-3-6-15-35)31-39-18-9-10-21-41(39)48(47)53)34-26-24-33(25-27-34)37-19-13-20-40(30-37)52-54-49(36-16-7-4-8-17-36)51-50(55-52)43-22-11-12-23-46(43)56-51/h3,5-7,9-32,50,52,54-55H,4,8H2,1-2H3. The van der Waals surface area contributed by atoms with E-state index in [-0.39, 0.29) is 17.6 Å². The lowest BCUT2D eigenvalue weighted by molar-refractivity contribution is 0.416. The lowest BCUT2D eigenvalue weighted by Gasteiger charge is -2.35. The molecule has 11 rings (SSSR count). The van der Waals surface area contributed by atoms with Gasteiger partial charge in [0.15, 0.2) is 0 Å². The van der Waals surface area contributed by atoms with E-state index in [9.17, 15) is 0 Å². The smallest absolute Gasteiger partial charge is 0.104 e. The molecule has 2 unspecified atom stereocenters.